The molecule has 2 aliphatic rings. The minimum Gasteiger partial charge on any atom is -0.480 e. The fraction of sp³-hybridized carbons (Fsp3) is 0.600. The Morgan fingerprint density at radius 2 is 1.93 bits per heavy atom. The molecule has 1 atom stereocenters. The summed E-state index contributed by atoms with van der Waals surface area (Å²) in [6.45, 7) is 2.67. The number of nitrogens with zero attached hydrogens (tertiary/aromatic N) is 1. The Kier molecular flexibility index (Phi) is 6.31. The number of carboxylic acid groups (broad SMARTS) is 1. The van der Waals surface area contributed by atoms with E-state index >= 15 is 0 Å². The van der Waals surface area contributed by atoms with Gasteiger partial charge < -0.3 is 15.7 Å². The van der Waals surface area contributed by atoms with Crippen LogP contribution in [0.4, 0.5) is 9.18 Å². The molecule has 0 spiro atoms. The normalized spacial score (nSPS) is 23.2. The zero-order chi connectivity index (χ0) is 19.4. The number of likely N-dealkylation sites (N-methyl/N-ethyl adjacent to an activating group) is 1. The van der Waals surface area contributed by atoms with Crippen molar-refractivity contribution >= 4 is 12.0 Å². The van der Waals surface area contributed by atoms with E-state index in [9.17, 15) is 14.0 Å². The third kappa shape index (κ3) is 4.97. The van der Waals surface area contributed by atoms with Crippen LogP contribution >= 0.6 is 0 Å². The number of amides is 2. The molecule has 0 saturated heterocycles. The van der Waals surface area contributed by atoms with Gasteiger partial charge in [-0.3, -0.25) is 9.69 Å². The van der Waals surface area contributed by atoms with Crippen LogP contribution < -0.4 is 10.6 Å². The average Bonchev–Trinajstić information content (AvgIpc) is 2.54. The molecule has 27 heavy (non-hydrogen) atoms. The fourth-order valence-corrected chi connectivity index (χ4v) is 3.96. The molecule has 1 aromatic carbocycles. The Balaban J connectivity index is 1.50. The first-order valence-corrected chi connectivity index (χ1v) is 9.74. The lowest BCUT2D eigenvalue weighted by Crippen LogP contribution is -2.56. The molecule has 148 valence electrons. The topological polar surface area (TPSA) is 81.7 Å². The average molecular weight is 377 g/mol. The van der Waals surface area contributed by atoms with E-state index in [1.54, 1.807) is 12.1 Å². The second kappa shape index (κ2) is 8.69. The predicted molar refractivity (Wildman–Crippen MR) is 99.8 cm³/mol. The van der Waals surface area contributed by atoms with Gasteiger partial charge in [0, 0.05) is 12.1 Å². The van der Waals surface area contributed by atoms with Crippen LogP contribution in [0.3, 0.4) is 0 Å². The smallest absolute Gasteiger partial charge is 0.317 e. The number of rotatable bonds is 8. The zero-order valence-corrected chi connectivity index (χ0v) is 15.7. The molecule has 6 nitrogen and oxygen atoms in total. The van der Waals surface area contributed by atoms with Crippen LogP contribution in [0.5, 0.6) is 0 Å². The van der Waals surface area contributed by atoms with Gasteiger partial charge in [0.2, 0.25) is 0 Å². The maximum absolute atomic E-state index is 13.2. The van der Waals surface area contributed by atoms with Crippen LogP contribution in [-0.4, -0.2) is 47.2 Å². The summed E-state index contributed by atoms with van der Waals surface area (Å²) in [5, 5.41) is 15.0. The van der Waals surface area contributed by atoms with E-state index in [0.717, 1.165) is 37.7 Å². The van der Waals surface area contributed by atoms with E-state index in [0.29, 0.717) is 12.5 Å². The molecule has 7 heteroatoms. The van der Waals surface area contributed by atoms with E-state index in [1.807, 2.05) is 11.8 Å². The molecule has 0 heterocycles. The van der Waals surface area contributed by atoms with Gasteiger partial charge in [-0.1, -0.05) is 25.5 Å². The van der Waals surface area contributed by atoms with Gasteiger partial charge in [-0.25, -0.2) is 9.18 Å². The summed E-state index contributed by atoms with van der Waals surface area (Å²) in [5.41, 5.74) is 0.932. The lowest BCUT2D eigenvalue weighted by Gasteiger charge is -2.42. The molecular formula is C20H28FN3O3. The van der Waals surface area contributed by atoms with Gasteiger partial charge in [0.05, 0.1) is 12.6 Å². The van der Waals surface area contributed by atoms with E-state index in [1.165, 1.54) is 12.1 Å². The second-order valence-corrected chi connectivity index (χ2v) is 7.62. The summed E-state index contributed by atoms with van der Waals surface area (Å²) in [6.07, 6.45) is 4.81. The molecule has 0 bridgehead atoms. The summed E-state index contributed by atoms with van der Waals surface area (Å²) in [6, 6.07) is 6.29. The number of carbonyl (C=O) groups is 2. The van der Waals surface area contributed by atoms with Crippen molar-refractivity contribution in [2.75, 3.05) is 13.1 Å². The van der Waals surface area contributed by atoms with Crippen molar-refractivity contribution in [2.24, 2.45) is 5.92 Å². The second-order valence-electron chi connectivity index (χ2n) is 7.62. The SMILES string of the molecule is CCN(CC(=O)O)C1CC(NC(=O)NC(c2ccc(F)cc2)C2CCC2)C1. The molecule has 2 saturated carbocycles. The van der Waals surface area contributed by atoms with Crippen molar-refractivity contribution in [3.8, 4) is 0 Å². The number of nitrogens with one attached hydrogen (secondary N) is 2. The molecule has 1 aromatic rings. The van der Waals surface area contributed by atoms with Crippen LogP contribution in [0.25, 0.3) is 0 Å². The highest BCUT2D eigenvalue weighted by Gasteiger charge is 2.36. The molecule has 3 rings (SSSR count). The number of halogens is 1. The Morgan fingerprint density at radius 1 is 1.26 bits per heavy atom. The Morgan fingerprint density at radius 3 is 2.44 bits per heavy atom. The first-order valence-electron chi connectivity index (χ1n) is 9.74. The molecule has 3 N–H and O–H groups in total. The quantitative estimate of drug-likeness (QED) is 0.651. The summed E-state index contributed by atoms with van der Waals surface area (Å²) < 4.78 is 13.2. The zero-order valence-electron chi connectivity index (χ0n) is 15.7. The predicted octanol–water partition coefficient (Wildman–Crippen LogP) is 2.90. The standard InChI is InChI=1S/C20H28FN3O3/c1-2-24(12-18(25)26)17-10-16(11-17)22-20(27)23-19(13-4-3-5-13)14-6-8-15(21)9-7-14/h6-9,13,16-17,19H,2-5,10-12H2,1H3,(H,25,26)(H2,22,23,27). The highest BCUT2D eigenvalue weighted by Crippen LogP contribution is 2.37. The van der Waals surface area contributed by atoms with Crippen LogP contribution in [-0.2, 0) is 4.79 Å². The molecule has 0 radical (unpaired) electrons. The van der Waals surface area contributed by atoms with E-state index in [-0.39, 0.29) is 36.5 Å². The number of hydrogen-bond acceptors (Lipinski definition) is 3. The minimum atomic E-state index is -0.825. The van der Waals surface area contributed by atoms with Gasteiger partial charge in [-0.05, 0) is 55.8 Å². The van der Waals surface area contributed by atoms with E-state index in [4.69, 9.17) is 5.11 Å². The summed E-state index contributed by atoms with van der Waals surface area (Å²) in [7, 11) is 0. The monoisotopic (exact) mass is 377 g/mol. The number of hydrogen-bond donors (Lipinski definition) is 3. The van der Waals surface area contributed by atoms with E-state index < -0.39 is 5.97 Å². The Labute approximate surface area is 159 Å². The van der Waals surface area contributed by atoms with Crippen molar-refractivity contribution in [1.29, 1.82) is 0 Å². The molecule has 0 aliphatic heterocycles. The first-order chi connectivity index (χ1) is 13.0. The van der Waals surface area contributed by atoms with Crippen LogP contribution in [0.2, 0.25) is 0 Å². The third-order valence-electron chi connectivity index (χ3n) is 5.85. The van der Waals surface area contributed by atoms with Crippen LogP contribution in [0, 0.1) is 11.7 Å². The fourth-order valence-electron chi connectivity index (χ4n) is 3.96. The number of carbonyl (C=O) groups excluding carboxylic acids is 1. The van der Waals surface area contributed by atoms with Crippen molar-refractivity contribution < 1.29 is 19.1 Å². The van der Waals surface area contributed by atoms with Crippen LogP contribution in [0.15, 0.2) is 24.3 Å². The highest BCUT2D eigenvalue weighted by molar-refractivity contribution is 5.75. The van der Waals surface area contributed by atoms with Crippen LogP contribution in [0.1, 0.15) is 50.6 Å². The van der Waals surface area contributed by atoms with Gasteiger partial charge in [0.15, 0.2) is 0 Å². The maximum atomic E-state index is 13.2. The van der Waals surface area contributed by atoms with Crippen molar-refractivity contribution in [1.82, 2.24) is 15.5 Å². The van der Waals surface area contributed by atoms with Gasteiger partial charge >= 0.3 is 12.0 Å². The summed E-state index contributed by atoms with van der Waals surface area (Å²) in [5.74, 6) is -0.715. The Hall–Kier alpha value is -2.15. The van der Waals surface area contributed by atoms with E-state index in [2.05, 4.69) is 10.6 Å². The lowest BCUT2D eigenvalue weighted by molar-refractivity contribution is -0.139. The Bertz CT molecular complexity index is 657. The van der Waals surface area contributed by atoms with Gasteiger partial charge in [-0.15, -0.1) is 0 Å². The molecule has 2 amide bonds. The maximum Gasteiger partial charge on any atom is 0.317 e. The third-order valence-corrected chi connectivity index (χ3v) is 5.85. The van der Waals surface area contributed by atoms with Gasteiger partial charge in [-0.2, -0.15) is 0 Å². The minimum absolute atomic E-state index is 0.0361. The summed E-state index contributed by atoms with van der Waals surface area (Å²) >= 11 is 0. The van der Waals surface area contributed by atoms with Crippen molar-refractivity contribution in [2.45, 2.75) is 57.2 Å². The van der Waals surface area contributed by atoms with Gasteiger partial charge in [0.1, 0.15) is 5.82 Å². The molecule has 1 unspecified atom stereocenters. The number of carboxylic acids is 1. The number of aliphatic carboxylic acids is 1. The number of urea groups is 1. The largest absolute Gasteiger partial charge is 0.480 e. The highest BCUT2D eigenvalue weighted by atomic mass is 19.1. The lowest BCUT2D eigenvalue weighted by atomic mass is 9.77. The molecule has 2 fully saturated rings. The molecular weight excluding hydrogens is 349 g/mol. The van der Waals surface area contributed by atoms with Gasteiger partial charge in [0.25, 0.3) is 0 Å². The first kappa shape index (κ1) is 19.6. The number of benzene rings is 1. The van der Waals surface area contributed by atoms with Crippen molar-refractivity contribution in [3.05, 3.63) is 35.6 Å². The molecule has 0 aromatic heterocycles. The van der Waals surface area contributed by atoms with Crippen molar-refractivity contribution in [3.63, 3.8) is 0 Å². The molecule has 2 aliphatic carbocycles. The summed E-state index contributed by atoms with van der Waals surface area (Å²) in [4.78, 5) is 25.3.